The molecule has 0 unspecified atom stereocenters. The van der Waals surface area contributed by atoms with Crippen molar-refractivity contribution in [2.75, 3.05) is 0 Å². The molecule has 20 heavy (non-hydrogen) atoms. The van der Waals surface area contributed by atoms with E-state index in [-0.39, 0.29) is 5.91 Å². The fourth-order valence-electron chi connectivity index (χ4n) is 2.15. The first kappa shape index (κ1) is 13.1. The Morgan fingerprint density at radius 3 is 2.45 bits per heavy atom. The molecule has 0 radical (unpaired) electrons. The molecule has 0 aliphatic carbocycles. The maximum absolute atomic E-state index is 12.0. The van der Waals surface area contributed by atoms with Crippen molar-refractivity contribution >= 4 is 27.5 Å². The lowest BCUT2D eigenvalue weighted by Gasteiger charge is -2.11. The molecule has 0 aromatic heterocycles. The highest BCUT2D eigenvalue weighted by Crippen LogP contribution is 2.18. The number of rotatable bonds is 3. The molecule has 0 saturated heterocycles. The van der Waals surface area contributed by atoms with E-state index in [1.165, 1.54) is 0 Å². The third kappa shape index (κ3) is 2.80. The number of nitrogens with zero attached hydrogens (tertiary/aromatic N) is 2. The number of amides is 1. The van der Waals surface area contributed by atoms with Crippen molar-refractivity contribution in [1.29, 1.82) is 0 Å². The van der Waals surface area contributed by atoms with Crippen LogP contribution in [0.3, 0.4) is 0 Å². The summed E-state index contributed by atoms with van der Waals surface area (Å²) in [7, 11) is 0. The van der Waals surface area contributed by atoms with Crippen LogP contribution in [0.25, 0.3) is 0 Å². The molecule has 1 aliphatic heterocycles. The van der Waals surface area contributed by atoms with E-state index in [1.54, 1.807) is 5.01 Å². The minimum Gasteiger partial charge on any atom is -0.272 e. The van der Waals surface area contributed by atoms with Gasteiger partial charge < -0.3 is 0 Å². The van der Waals surface area contributed by atoms with Gasteiger partial charge in [0.25, 0.3) is 0 Å². The average molecular weight is 329 g/mol. The maximum Gasteiger partial charge on any atom is 0.249 e. The molecular weight excluding hydrogens is 316 g/mol. The Bertz CT molecular complexity index is 650. The van der Waals surface area contributed by atoms with Crippen molar-refractivity contribution in [2.45, 2.75) is 13.0 Å². The molecule has 1 aliphatic rings. The van der Waals surface area contributed by atoms with Gasteiger partial charge in [-0.15, -0.1) is 0 Å². The first-order valence-corrected chi connectivity index (χ1v) is 7.19. The molecule has 0 saturated carbocycles. The summed E-state index contributed by atoms with van der Waals surface area (Å²) >= 11 is 3.40. The largest absolute Gasteiger partial charge is 0.272 e. The summed E-state index contributed by atoms with van der Waals surface area (Å²) in [5, 5.41) is 5.99. The van der Waals surface area contributed by atoms with Gasteiger partial charge in [0.1, 0.15) is 0 Å². The molecule has 0 bridgehead atoms. The second-order valence-electron chi connectivity index (χ2n) is 4.67. The summed E-state index contributed by atoms with van der Waals surface area (Å²) in [5.74, 6) is 0.0479. The lowest BCUT2D eigenvalue weighted by Crippen LogP contribution is -2.19. The van der Waals surface area contributed by atoms with Crippen LogP contribution in [0.2, 0.25) is 0 Å². The van der Waals surface area contributed by atoms with Crippen molar-refractivity contribution in [3.05, 3.63) is 70.2 Å². The summed E-state index contributed by atoms with van der Waals surface area (Å²) < 4.78 is 1.03. The molecule has 0 spiro atoms. The molecule has 0 N–H and O–H groups in total. The molecule has 2 aromatic rings. The van der Waals surface area contributed by atoms with Gasteiger partial charge in [-0.1, -0.05) is 58.4 Å². The Kier molecular flexibility index (Phi) is 3.65. The van der Waals surface area contributed by atoms with Crippen LogP contribution >= 0.6 is 15.9 Å². The number of hydrogen-bond donors (Lipinski definition) is 0. The summed E-state index contributed by atoms with van der Waals surface area (Å²) in [6, 6.07) is 17.8. The van der Waals surface area contributed by atoms with Gasteiger partial charge in [-0.2, -0.15) is 5.10 Å². The molecular formula is C16H13BrN2O. The quantitative estimate of drug-likeness (QED) is 0.847. The number of benzene rings is 2. The van der Waals surface area contributed by atoms with Gasteiger partial charge in [0.05, 0.1) is 18.7 Å². The monoisotopic (exact) mass is 328 g/mol. The Balaban J connectivity index is 1.79. The molecule has 0 atom stereocenters. The van der Waals surface area contributed by atoms with Crippen LogP contribution in [0.1, 0.15) is 17.5 Å². The summed E-state index contributed by atoms with van der Waals surface area (Å²) in [6.45, 7) is 0.516. The number of hydrazone groups is 1. The minimum absolute atomic E-state index is 0.0479. The van der Waals surface area contributed by atoms with Crippen LogP contribution in [0.5, 0.6) is 0 Å². The first-order valence-electron chi connectivity index (χ1n) is 6.40. The third-order valence-electron chi connectivity index (χ3n) is 3.20. The summed E-state index contributed by atoms with van der Waals surface area (Å²) in [6.07, 6.45) is 0.376. The van der Waals surface area contributed by atoms with Crippen LogP contribution in [0.15, 0.2) is 64.2 Å². The van der Waals surface area contributed by atoms with Gasteiger partial charge in [-0.3, -0.25) is 4.79 Å². The van der Waals surface area contributed by atoms with Gasteiger partial charge in [0.2, 0.25) is 5.91 Å². The van der Waals surface area contributed by atoms with E-state index in [0.717, 1.165) is 21.3 Å². The molecule has 1 amide bonds. The van der Waals surface area contributed by atoms with Crippen molar-refractivity contribution < 1.29 is 4.79 Å². The van der Waals surface area contributed by atoms with Crippen LogP contribution in [0.4, 0.5) is 0 Å². The van der Waals surface area contributed by atoms with Crippen LogP contribution in [0, 0.1) is 0 Å². The number of carbonyl (C=O) groups excluding carboxylic acids is 1. The smallest absolute Gasteiger partial charge is 0.249 e. The zero-order valence-corrected chi connectivity index (χ0v) is 12.4. The lowest BCUT2D eigenvalue weighted by atomic mass is 10.1. The van der Waals surface area contributed by atoms with Crippen LogP contribution in [-0.2, 0) is 11.3 Å². The van der Waals surface area contributed by atoms with Crippen LogP contribution < -0.4 is 0 Å². The summed E-state index contributed by atoms with van der Waals surface area (Å²) in [4.78, 5) is 12.0. The molecule has 0 fully saturated rings. The normalized spacial score (nSPS) is 14.6. The van der Waals surface area contributed by atoms with Crippen molar-refractivity contribution in [3.8, 4) is 0 Å². The zero-order valence-electron chi connectivity index (χ0n) is 10.8. The van der Waals surface area contributed by atoms with E-state index in [4.69, 9.17) is 0 Å². The number of halogens is 1. The van der Waals surface area contributed by atoms with Gasteiger partial charge in [0, 0.05) is 4.47 Å². The molecule has 100 valence electrons. The molecule has 2 aromatic carbocycles. The van der Waals surface area contributed by atoms with Crippen molar-refractivity contribution in [1.82, 2.24) is 5.01 Å². The third-order valence-corrected chi connectivity index (χ3v) is 3.73. The van der Waals surface area contributed by atoms with Crippen molar-refractivity contribution in [3.63, 3.8) is 0 Å². The summed E-state index contributed by atoms with van der Waals surface area (Å²) in [5.41, 5.74) is 2.92. The average Bonchev–Trinajstić information content (AvgIpc) is 2.84. The van der Waals surface area contributed by atoms with Gasteiger partial charge in [-0.05, 0) is 23.3 Å². The molecule has 3 nitrogen and oxygen atoms in total. The van der Waals surface area contributed by atoms with E-state index in [9.17, 15) is 4.79 Å². The van der Waals surface area contributed by atoms with Gasteiger partial charge >= 0.3 is 0 Å². The van der Waals surface area contributed by atoms with E-state index in [1.807, 2.05) is 54.6 Å². The number of hydrogen-bond acceptors (Lipinski definition) is 2. The fourth-order valence-corrected chi connectivity index (χ4v) is 2.41. The Morgan fingerprint density at radius 1 is 1.05 bits per heavy atom. The highest BCUT2D eigenvalue weighted by atomic mass is 79.9. The molecule has 3 rings (SSSR count). The zero-order chi connectivity index (χ0) is 13.9. The SMILES string of the molecule is O=C1CC(c2ccccc2)=NN1Cc1ccc(Br)cc1. The predicted octanol–water partition coefficient (Wildman–Crippen LogP) is 3.59. The fraction of sp³-hybridized carbons (Fsp3) is 0.125. The van der Waals surface area contributed by atoms with E-state index >= 15 is 0 Å². The highest BCUT2D eigenvalue weighted by Gasteiger charge is 2.24. The van der Waals surface area contributed by atoms with Crippen molar-refractivity contribution in [2.24, 2.45) is 5.10 Å². The molecule has 1 heterocycles. The second-order valence-corrected chi connectivity index (χ2v) is 5.58. The molecule has 4 heteroatoms. The standard InChI is InChI=1S/C16H13BrN2O/c17-14-8-6-12(7-9-14)11-19-16(20)10-15(18-19)13-4-2-1-3-5-13/h1-9H,10-11H2. The second kappa shape index (κ2) is 5.59. The van der Waals surface area contributed by atoms with E-state index in [0.29, 0.717) is 13.0 Å². The topological polar surface area (TPSA) is 32.7 Å². The van der Waals surface area contributed by atoms with Gasteiger partial charge in [0.15, 0.2) is 0 Å². The van der Waals surface area contributed by atoms with E-state index in [2.05, 4.69) is 21.0 Å². The Morgan fingerprint density at radius 2 is 1.75 bits per heavy atom. The first-order chi connectivity index (χ1) is 9.72. The number of carbonyl (C=O) groups is 1. The minimum atomic E-state index is 0.0479. The Labute approximate surface area is 126 Å². The van der Waals surface area contributed by atoms with Gasteiger partial charge in [-0.25, -0.2) is 5.01 Å². The maximum atomic E-state index is 12.0. The van der Waals surface area contributed by atoms with E-state index < -0.39 is 0 Å². The Hall–Kier alpha value is -1.94. The van der Waals surface area contributed by atoms with Crippen LogP contribution in [-0.4, -0.2) is 16.6 Å². The highest BCUT2D eigenvalue weighted by molar-refractivity contribution is 9.10. The predicted molar refractivity (Wildman–Crippen MR) is 82.3 cm³/mol. The lowest BCUT2D eigenvalue weighted by molar-refractivity contribution is -0.129.